The fraction of sp³-hybridized carbons (Fsp3) is 0.462. The number of nitrogens with zero attached hydrogens (tertiary/aromatic N) is 1. The van der Waals surface area contributed by atoms with Crippen molar-refractivity contribution in [3.8, 4) is 0 Å². The molecular weight excluding hydrogens is 257 g/mol. The number of halogens is 2. The highest BCUT2D eigenvalue weighted by atomic mass is 35.5. The van der Waals surface area contributed by atoms with Gasteiger partial charge in [0, 0.05) is 0 Å². The number of benzene rings is 1. The fourth-order valence-electron chi connectivity index (χ4n) is 2.37. The van der Waals surface area contributed by atoms with E-state index in [-0.39, 0.29) is 5.02 Å². The molecule has 5 heteroatoms. The van der Waals surface area contributed by atoms with E-state index in [0.717, 1.165) is 32.4 Å². The van der Waals surface area contributed by atoms with Crippen molar-refractivity contribution >= 4 is 17.6 Å². The molecular formula is C13H15ClFNO2. The van der Waals surface area contributed by atoms with Crippen LogP contribution >= 0.6 is 11.6 Å². The van der Waals surface area contributed by atoms with Gasteiger partial charge in [-0.2, -0.15) is 0 Å². The van der Waals surface area contributed by atoms with Gasteiger partial charge in [-0.15, -0.1) is 0 Å². The number of carbonyl (C=O) groups is 1. The number of carboxylic acids is 1. The molecule has 0 bridgehead atoms. The third kappa shape index (κ3) is 2.82. The van der Waals surface area contributed by atoms with Crippen molar-refractivity contribution in [1.29, 1.82) is 0 Å². The monoisotopic (exact) mass is 271 g/mol. The molecule has 0 amide bonds. The Morgan fingerprint density at radius 1 is 1.33 bits per heavy atom. The summed E-state index contributed by atoms with van der Waals surface area (Å²) >= 11 is 5.72. The molecule has 1 heterocycles. The molecule has 1 aliphatic rings. The van der Waals surface area contributed by atoms with Crippen LogP contribution in [0.3, 0.4) is 0 Å². The lowest BCUT2D eigenvalue weighted by molar-refractivity contribution is -0.144. The molecule has 0 aliphatic carbocycles. The quantitative estimate of drug-likeness (QED) is 0.918. The summed E-state index contributed by atoms with van der Waals surface area (Å²) in [5.41, 5.74) is 0.538. The predicted molar refractivity (Wildman–Crippen MR) is 67.2 cm³/mol. The zero-order valence-electron chi connectivity index (χ0n) is 9.90. The van der Waals surface area contributed by atoms with E-state index in [1.165, 1.54) is 18.2 Å². The lowest BCUT2D eigenvalue weighted by Crippen LogP contribution is -2.37. The van der Waals surface area contributed by atoms with Gasteiger partial charge in [0.15, 0.2) is 0 Å². The average Bonchev–Trinajstić information content (AvgIpc) is 2.35. The smallest absolute Gasteiger partial charge is 0.325 e. The summed E-state index contributed by atoms with van der Waals surface area (Å²) in [7, 11) is 0. The molecule has 0 aromatic heterocycles. The highest BCUT2D eigenvalue weighted by Crippen LogP contribution is 2.27. The lowest BCUT2D eigenvalue weighted by Gasteiger charge is -2.32. The number of hydrogen-bond acceptors (Lipinski definition) is 2. The molecule has 1 aromatic carbocycles. The Morgan fingerprint density at radius 2 is 2.00 bits per heavy atom. The van der Waals surface area contributed by atoms with Crippen molar-refractivity contribution in [3.63, 3.8) is 0 Å². The van der Waals surface area contributed by atoms with E-state index >= 15 is 0 Å². The summed E-state index contributed by atoms with van der Waals surface area (Å²) < 4.78 is 13.1. The largest absolute Gasteiger partial charge is 0.480 e. The van der Waals surface area contributed by atoms with Crippen LogP contribution in [0.5, 0.6) is 0 Å². The zero-order valence-corrected chi connectivity index (χ0v) is 10.7. The molecule has 98 valence electrons. The van der Waals surface area contributed by atoms with Gasteiger partial charge in [0.2, 0.25) is 0 Å². The van der Waals surface area contributed by atoms with Crippen LogP contribution in [0.15, 0.2) is 18.2 Å². The van der Waals surface area contributed by atoms with Crippen LogP contribution in [0.2, 0.25) is 5.02 Å². The number of carboxylic acid groups (broad SMARTS) is 1. The minimum Gasteiger partial charge on any atom is -0.480 e. The van der Waals surface area contributed by atoms with Gasteiger partial charge >= 0.3 is 5.97 Å². The first kappa shape index (κ1) is 13.3. The predicted octanol–water partition coefficient (Wildman–Crippen LogP) is 3.09. The molecule has 0 spiro atoms. The van der Waals surface area contributed by atoms with Crippen LogP contribution in [0.1, 0.15) is 30.9 Å². The molecule has 18 heavy (non-hydrogen) atoms. The van der Waals surface area contributed by atoms with Crippen molar-refractivity contribution in [2.45, 2.75) is 25.3 Å². The van der Waals surface area contributed by atoms with Crippen molar-refractivity contribution in [2.75, 3.05) is 13.1 Å². The molecule has 1 fully saturated rings. The van der Waals surface area contributed by atoms with E-state index in [9.17, 15) is 14.3 Å². The number of piperidine rings is 1. The topological polar surface area (TPSA) is 40.5 Å². The van der Waals surface area contributed by atoms with Gasteiger partial charge in [-0.1, -0.05) is 24.1 Å². The molecule has 0 saturated carbocycles. The Bertz CT molecular complexity index is 447. The maximum atomic E-state index is 13.1. The molecule has 3 nitrogen and oxygen atoms in total. The number of rotatable bonds is 3. The minimum absolute atomic E-state index is 0.0317. The second kappa shape index (κ2) is 5.67. The van der Waals surface area contributed by atoms with Gasteiger partial charge in [-0.25, -0.2) is 4.39 Å². The summed E-state index contributed by atoms with van der Waals surface area (Å²) in [6, 6.07) is 3.39. The Hall–Kier alpha value is -1.13. The zero-order chi connectivity index (χ0) is 13.1. The lowest BCUT2D eigenvalue weighted by atomic mass is 10.0. The first-order chi connectivity index (χ1) is 8.59. The van der Waals surface area contributed by atoms with Gasteiger partial charge < -0.3 is 5.11 Å². The molecule has 1 atom stereocenters. The number of hydrogen-bond donors (Lipinski definition) is 1. The number of likely N-dealkylation sites (tertiary alicyclic amines) is 1. The van der Waals surface area contributed by atoms with Crippen LogP contribution in [0.4, 0.5) is 4.39 Å². The van der Waals surface area contributed by atoms with Gasteiger partial charge in [0.25, 0.3) is 0 Å². The fourth-order valence-corrected chi connectivity index (χ4v) is 2.56. The van der Waals surface area contributed by atoms with Crippen LogP contribution in [-0.4, -0.2) is 29.1 Å². The first-order valence-electron chi connectivity index (χ1n) is 6.01. The molecule has 1 saturated heterocycles. The van der Waals surface area contributed by atoms with Crippen molar-refractivity contribution in [1.82, 2.24) is 4.90 Å². The summed E-state index contributed by atoms with van der Waals surface area (Å²) in [5, 5.41) is 9.33. The maximum Gasteiger partial charge on any atom is 0.325 e. The summed E-state index contributed by atoms with van der Waals surface area (Å²) in [5.74, 6) is -1.44. The Morgan fingerprint density at radius 3 is 2.56 bits per heavy atom. The van der Waals surface area contributed by atoms with Gasteiger partial charge in [-0.05, 0) is 43.6 Å². The maximum absolute atomic E-state index is 13.1. The van der Waals surface area contributed by atoms with E-state index in [1.807, 2.05) is 4.90 Å². The third-order valence-corrected chi connectivity index (χ3v) is 3.54. The summed E-state index contributed by atoms with van der Waals surface area (Å²) in [6.07, 6.45) is 3.13. The van der Waals surface area contributed by atoms with Crippen LogP contribution in [-0.2, 0) is 4.79 Å². The second-order valence-corrected chi connectivity index (χ2v) is 4.92. The molecule has 1 unspecified atom stereocenters. The normalized spacial score (nSPS) is 18.6. The van der Waals surface area contributed by atoms with Crippen molar-refractivity contribution < 1.29 is 14.3 Å². The average molecular weight is 272 g/mol. The summed E-state index contributed by atoms with van der Waals surface area (Å²) in [4.78, 5) is 13.3. The van der Waals surface area contributed by atoms with E-state index in [1.54, 1.807) is 0 Å². The Kier molecular flexibility index (Phi) is 4.19. The van der Waals surface area contributed by atoms with Crippen LogP contribution < -0.4 is 0 Å². The van der Waals surface area contributed by atoms with Gasteiger partial charge in [0.1, 0.15) is 11.9 Å². The van der Waals surface area contributed by atoms with Gasteiger partial charge in [0.05, 0.1) is 5.02 Å². The van der Waals surface area contributed by atoms with E-state index in [4.69, 9.17) is 11.6 Å². The molecule has 0 radical (unpaired) electrons. The summed E-state index contributed by atoms with van der Waals surface area (Å²) in [6.45, 7) is 1.51. The Balaban J connectivity index is 2.28. The SMILES string of the molecule is O=C(O)C(c1ccc(F)c(Cl)c1)N1CCCCC1. The highest BCUT2D eigenvalue weighted by molar-refractivity contribution is 6.30. The third-order valence-electron chi connectivity index (χ3n) is 3.25. The van der Waals surface area contributed by atoms with Crippen LogP contribution in [0.25, 0.3) is 0 Å². The van der Waals surface area contributed by atoms with Crippen molar-refractivity contribution in [3.05, 3.63) is 34.6 Å². The number of aliphatic carboxylic acids is 1. The van der Waals surface area contributed by atoms with E-state index < -0.39 is 17.8 Å². The molecule has 1 aromatic rings. The standard InChI is InChI=1S/C13H15ClFNO2/c14-10-8-9(4-5-11(10)15)12(13(17)18)16-6-2-1-3-7-16/h4-5,8,12H,1-3,6-7H2,(H,17,18). The van der Waals surface area contributed by atoms with Crippen LogP contribution in [0, 0.1) is 5.82 Å². The molecule has 1 aliphatic heterocycles. The molecule has 1 N–H and O–H groups in total. The highest BCUT2D eigenvalue weighted by Gasteiger charge is 2.28. The van der Waals surface area contributed by atoms with E-state index in [0.29, 0.717) is 5.56 Å². The van der Waals surface area contributed by atoms with E-state index in [2.05, 4.69) is 0 Å². The Labute approximate surface area is 110 Å². The molecule has 2 rings (SSSR count). The minimum atomic E-state index is -0.917. The first-order valence-corrected chi connectivity index (χ1v) is 6.39. The second-order valence-electron chi connectivity index (χ2n) is 4.51. The van der Waals surface area contributed by atoms with Gasteiger partial charge in [-0.3, -0.25) is 9.69 Å². The van der Waals surface area contributed by atoms with Crippen molar-refractivity contribution in [2.24, 2.45) is 0 Å².